The van der Waals surface area contributed by atoms with Crippen LogP contribution in [0.4, 0.5) is 0 Å². The maximum absolute atomic E-state index is 12.5. The van der Waals surface area contributed by atoms with E-state index in [-0.39, 0.29) is 5.91 Å². The summed E-state index contributed by atoms with van der Waals surface area (Å²) in [4.78, 5) is 17.4. The molecule has 0 saturated carbocycles. The van der Waals surface area contributed by atoms with Crippen LogP contribution in [0.1, 0.15) is 29.6 Å². The minimum Gasteiger partial charge on any atom is -0.361 e. The minimum atomic E-state index is 0.0915. The molecule has 1 aliphatic rings. The molecule has 4 nitrogen and oxygen atoms in total. The minimum absolute atomic E-state index is 0.0915. The number of hydrogen-bond acceptors (Lipinski definition) is 2. The van der Waals surface area contributed by atoms with Gasteiger partial charge in [-0.2, -0.15) is 0 Å². The first kappa shape index (κ1) is 13.2. The number of amides is 1. The third-order valence-electron chi connectivity index (χ3n) is 4.06. The Morgan fingerprint density at radius 1 is 1.35 bits per heavy atom. The zero-order valence-electron chi connectivity index (χ0n) is 11.9. The molecule has 0 radical (unpaired) electrons. The van der Waals surface area contributed by atoms with Crippen molar-refractivity contribution in [2.45, 2.75) is 25.3 Å². The number of carbonyl (C=O) groups is 1. The van der Waals surface area contributed by atoms with Crippen molar-refractivity contribution in [1.82, 2.24) is 15.2 Å². The molecular formula is C16H21N3O. The smallest absolute Gasteiger partial charge is 0.253 e. The van der Waals surface area contributed by atoms with E-state index in [9.17, 15) is 4.79 Å². The van der Waals surface area contributed by atoms with Gasteiger partial charge in [0.2, 0.25) is 0 Å². The zero-order valence-corrected chi connectivity index (χ0v) is 11.9. The third kappa shape index (κ3) is 2.70. The summed E-state index contributed by atoms with van der Waals surface area (Å²) in [7, 11) is 1.89. The fourth-order valence-electron chi connectivity index (χ4n) is 2.89. The highest BCUT2D eigenvalue weighted by atomic mass is 16.2. The van der Waals surface area contributed by atoms with E-state index in [1.165, 1.54) is 12.8 Å². The first-order valence-electron chi connectivity index (χ1n) is 7.30. The summed E-state index contributed by atoms with van der Waals surface area (Å²) >= 11 is 0. The largest absolute Gasteiger partial charge is 0.361 e. The topological polar surface area (TPSA) is 48.1 Å². The SMILES string of the molecule is CN(CC1CCCCN1)C(=O)c1ccc2cc[nH]c2c1. The van der Waals surface area contributed by atoms with Crippen LogP contribution in [0.5, 0.6) is 0 Å². The third-order valence-corrected chi connectivity index (χ3v) is 4.06. The molecule has 3 rings (SSSR count). The number of likely N-dealkylation sites (N-methyl/N-ethyl adjacent to an activating group) is 1. The van der Waals surface area contributed by atoms with Crippen molar-refractivity contribution in [3.8, 4) is 0 Å². The summed E-state index contributed by atoms with van der Waals surface area (Å²) < 4.78 is 0. The fraction of sp³-hybridized carbons (Fsp3) is 0.438. The summed E-state index contributed by atoms with van der Waals surface area (Å²) in [6, 6.07) is 8.28. The molecule has 1 amide bonds. The highest BCUT2D eigenvalue weighted by molar-refractivity contribution is 5.97. The van der Waals surface area contributed by atoms with Gasteiger partial charge in [-0.3, -0.25) is 4.79 Å². The highest BCUT2D eigenvalue weighted by Crippen LogP contribution is 2.16. The Morgan fingerprint density at radius 2 is 2.25 bits per heavy atom. The lowest BCUT2D eigenvalue weighted by atomic mass is 10.0. The summed E-state index contributed by atoms with van der Waals surface area (Å²) in [5, 5.41) is 4.62. The van der Waals surface area contributed by atoms with E-state index in [4.69, 9.17) is 0 Å². The molecule has 2 heterocycles. The van der Waals surface area contributed by atoms with Gasteiger partial charge in [0.05, 0.1) is 0 Å². The van der Waals surface area contributed by atoms with Crippen LogP contribution in [0.25, 0.3) is 10.9 Å². The van der Waals surface area contributed by atoms with E-state index < -0.39 is 0 Å². The van der Waals surface area contributed by atoms with Gasteiger partial charge in [-0.25, -0.2) is 0 Å². The van der Waals surface area contributed by atoms with E-state index in [2.05, 4.69) is 10.3 Å². The molecule has 2 aromatic rings. The molecule has 1 aromatic heterocycles. The molecule has 1 atom stereocenters. The summed E-state index contributed by atoms with van der Waals surface area (Å²) in [5.74, 6) is 0.0915. The van der Waals surface area contributed by atoms with Gasteiger partial charge in [0.25, 0.3) is 5.91 Å². The predicted molar refractivity (Wildman–Crippen MR) is 80.9 cm³/mol. The van der Waals surface area contributed by atoms with Crippen LogP contribution in [-0.4, -0.2) is 42.0 Å². The second-order valence-corrected chi connectivity index (χ2v) is 5.61. The van der Waals surface area contributed by atoms with E-state index in [0.717, 1.165) is 36.0 Å². The molecule has 0 aliphatic carbocycles. The van der Waals surface area contributed by atoms with Crippen LogP contribution in [0.15, 0.2) is 30.5 Å². The van der Waals surface area contributed by atoms with E-state index >= 15 is 0 Å². The van der Waals surface area contributed by atoms with Gasteiger partial charge in [0.1, 0.15) is 0 Å². The van der Waals surface area contributed by atoms with Gasteiger partial charge < -0.3 is 15.2 Å². The van der Waals surface area contributed by atoms with E-state index in [0.29, 0.717) is 6.04 Å². The molecule has 2 N–H and O–H groups in total. The van der Waals surface area contributed by atoms with Gasteiger partial charge in [0.15, 0.2) is 0 Å². The van der Waals surface area contributed by atoms with E-state index in [1.54, 1.807) is 0 Å². The van der Waals surface area contributed by atoms with Crippen LogP contribution in [0, 0.1) is 0 Å². The monoisotopic (exact) mass is 271 g/mol. The number of H-pyrrole nitrogens is 1. The van der Waals surface area contributed by atoms with Gasteiger partial charge >= 0.3 is 0 Å². The molecule has 4 heteroatoms. The number of carbonyl (C=O) groups excluding carboxylic acids is 1. The van der Waals surface area contributed by atoms with Crippen LogP contribution >= 0.6 is 0 Å². The molecule has 1 saturated heterocycles. The predicted octanol–water partition coefficient (Wildman–Crippen LogP) is 2.38. The number of rotatable bonds is 3. The fourth-order valence-corrected chi connectivity index (χ4v) is 2.89. The van der Waals surface area contributed by atoms with Crippen molar-refractivity contribution in [3.63, 3.8) is 0 Å². The second kappa shape index (κ2) is 5.67. The van der Waals surface area contributed by atoms with Crippen LogP contribution < -0.4 is 5.32 Å². The molecular weight excluding hydrogens is 250 g/mol. The molecule has 1 aliphatic heterocycles. The average molecular weight is 271 g/mol. The Balaban J connectivity index is 1.70. The zero-order chi connectivity index (χ0) is 13.9. The number of hydrogen-bond donors (Lipinski definition) is 2. The average Bonchev–Trinajstić information content (AvgIpc) is 2.94. The number of aromatic nitrogens is 1. The van der Waals surface area contributed by atoms with E-state index in [1.807, 2.05) is 42.4 Å². The Hall–Kier alpha value is -1.81. The Bertz CT molecular complexity index is 599. The van der Waals surface area contributed by atoms with Crippen LogP contribution in [-0.2, 0) is 0 Å². The van der Waals surface area contributed by atoms with Gasteiger partial charge in [0, 0.05) is 36.9 Å². The molecule has 106 valence electrons. The first-order chi connectivity index (χ1) is 9.74. The van der Waals surface area contributed by atoms with Crippen LogP contribution in [0.3, 0.4) is 0 Å². The Kier molecular flexibility index (Phi) is 3.74. The molecule has 20 heavy (non-hydrogen) atoms. The number of nitrogens with zero attached hydrogens (tertiary/aromatic N) is 1. The Morgan fingerprint density at radius 3 is 3.05 bits per heavy atom. The van der Waals surface area contributed by atoms with Crippen molar-refractivity contribution < 1.29 is 4.79 Å². The first-order valence-corrected chi connectivity index (χ1v) is 7.30. The quantitative estimate of drug-likeness (QED) is 0.900. The normalized spacial score (nSPS) is 19.1. The second-order valence-electron chi connectivity index (χ2n) is 5.61. The van der Waals surface area contributed by atoms with Crippen molar-refractivity contribution in [1.29, 1.82) is 0 Å². The molecule has 0 spiro atoms. The van der Waals surface area contributed by atoms with Crippen LogP contribution in [0.2, 0.25) is 0 Å². The van der Waals surface area contributed by atoms with Gasteiger partial charge in [-0.1, -0.05) is 12.5 Å². The van der Waals surface area contributed by atoms with Crippen molar-refractivity contribution >= 4 is 16.8 Å². The van der Waals surface area contributed by atoms with Crippen molar-refractivity contribution in [2.75, 3.05) is 20.1 Å². The number of fused-ring (bicyclic) bond motifs is 1. The van der Waals surface area contributed by atoms with Crippen molar-refractivity contribution in [3.05, 3.63) is 36.0 Å². The lowest BCUT2D eigenvalue weighted by Crippen LogP contribution is -2.44. The summed E-state index contributed by atoms with van der Waals surface area (Å²) in [6.45, 7) is 1.85. The number of nitrogens with one attached hydrogen (secondary N) is 2. The molecule has 1 unspecified atom stereocenters. The molecule has 1 aromatic carbocycles. The maximum atomic E-state index is 12.5. The molecule has 1 fully saturated rings. The standard InChI is InChI=1S/C16H21N3O/c1-19(11-14-4-2-3-8-17-14)16(20)13-6-5-12-7-9-18-15(12)10-13/h5-7,9-10,14,17-18H,2-4,8,11H2,1H3. The number of piperidine rings is 1. The van der Waals surface area contributed by atoms with Gasteiger partial charge in [-0.15, -0.1) is 0 Å². The Labute approximate surface area is 119 Å². The number of aromatic amines is 1. The maximum Gasteiger partial charge on any atom is 0.253 e. The summed E-state index contributed by atoms with van der Waals surface area (Å²) in [6.07, 6.45) is 5.56. The highest BCUT2D eigenvalue weighted by Gasteiger charge is 2.18. The van der Waals surface area contributed by atoms with Gasteiger partial charge in [-0.05, 0) is 43.0 Å². The summed E-state index contributed by atoms with van der Waals surface area (Å²) in [5.41, 5.74) is 1.76. The van der Waals surface area contributed by atoms with Crippen molar-refractivity contribution in [2.24, 2.45) is 0 Å². The molecule has 0 bridgehead atoms. The lowest BCUT2D eigenvalue weighted by molar-refractivity contribution is 0.0775. The number of benzene rings is 1. The lowest BCUT2D eigenvalue weighted by Gasteiger charge is -2.28.